The van der Waals surface area contributed by atoms with E-state index in [0.717, 1.165) is 18.0 Å². The van der Waals surface area contributed by atoms with E-state index in [1.165, 1.54) is 17.5 Å². The van der Waals surface area contributed by atoms with Crippen LogP contribution in [0.5, 0.6) is 11.5 Å². The monoisotopic (exact) mass is 303 g/mol. The Bertz CT molecular complexity index is 617. The SMILES string of the molecule is Cl.c1ccc(C2CC2NCc2ccc3c(c2)OCO3)cc1. The van der Waals surface area contributed by atoms with Gasteiger partial charge < -0.3 is 14.8 Å². The molecule has 1 N–H and O–H groups in total. The molecule has 1 fully saturated rings. The quantitative estimate of drug-likeness (QED) is 0.938. The van der Waals surface area contributed by atoms with Crippen molar-refractivity contribution in [2.45, 2.75) is 24.9 Å². The third-order valence-electron chi connectivity index (χ3n) is 4.02. The molecule has 1 aliphatic carbocycles. The Morgan fingerprint density at radius 1 is 1.00 bits per heavy atom. The summed E-state index contributed by atoms with van der Waals surface area (Å²) in [5, 5.41) is 3.62. The van der Waals surface area contributed by atoms with Crippen LogP contribution in [0.4, 0.5) is 0 Å². The highest BCUT2D eigenvalue weighted by Crippen LogP contribution is 2.41. The van der Waals surface area contributed by atoms with Crippen LogP contribution in [0, 0.1) is 0 Å². The van der Waals surface area contributed by atoms with Crippen molar-refractivity contribution in [2.24, 2.45) is 0 Å². The van der Waals surface area contributed by atoms with Gasteiger partial charge in [0, 0.05) is 18.5 Å². The third kappa shape index (κ3) is 2.99. The molecule has 0 radical (unpaired) electrons. The van der Waals surface area contributed by atoms with Gasteiger partial charge in [-0.2, -0.15) is 0 Å². The van der Waals surface area contributed by atoms with Gasteiger partial charge >= 0.3 is 0 Å². The normalized spacial score (nSPS) is 21.7. The van der Waals surface area contributed by atoms with Crippen LogP contribution in [0.3, 0.4) is 0 Å². The Morgan fingerprint density at radius 3 is 2.67 bits per heavy atom. The zero-order chi connectivity index (χ0) is 13.4. The minimum atomic E-state index is 0. The standard InChI is InChI=1S/C17H17NO2.ClH/c1-2-4-13(5-3-1)14-9-15(14)18-10-12-6-7-16-17(8-12)20-11-19-16;/h1-8,14-15,18H,9-11H2;1H. The highest BCUT2D eigenvalue weighted by Gasteiger charge is 2.37. The molecule has 21 heavy (non-hydrogen) atoms. The molecule has 3 nitrogen and oxygen atoms in total. The third-order valence-corrected chi connectivity index (χ3v) is 4.02. The van der Waals surface area contributed by atoms with E-state index in [4.69, 9.17) is 9.47 Å². The van der Waals surface area contributed by atoms with Crippen molar-refractivity contribution in [2.75, 3.05) is 6.79 Å². The second-order valence-corrected chi connectivity index (χ2v) is 5.43. The maximum atomic E-state index is 5.40. The molecule has 2 aliphatic rings. The van der Waals surface area contributed by atoms with Crippen molar-refractivity contribution in [3.63, 3.8) is 0 Å². The maximum Gasteiger partial charge on any atom is 0.231 e. The first-order valence-corrected chi connectivity index (χ1v) is 7.07. The summed E-state index contributed by atoms with van der Waals surface area (Å²) in [6.07, 6.45) is 1.23. The van der Waals surface area contributed by atoms with Crippen molar-refractivity contribution in [1.29, 1.82) is 0 Å². The van der Waals surface area contributed by atoms with Crippen molar-refractivity contribution >= 4 is 12.4 Å². The Labute approximate surface area is 130 Å². The van der Waals surface area contributed by atoms with Crippen molar-refractivity contribution < 1.29 is 9.47 Å². The predicted octanol–water partition coefficient (Wildman–Crippen LogP) is 3.48. The molecule has 0 amide bonds. The van der Waals surface area contributed by atoms with Crippen molar-refractivity contribution in [1.82, 2.24) is 5.32 Å². The average molecular weight is 304 g/mol. The van der Waals surface area contributed by atoms with E-state index in [-0.39, 0.29) is 12.4 Å². The number of rotatable bonds is 4. The molecule has 1 saturated carbocycles. The summed E-state index contributed by atoms with van der Waals surface area (Å²) in [5.41, 5.74) is 2.68. The fraction of sp³-hybridized carbons (Fsp3) is 0.294. The Kier molecular flexibility index (Phi) is 4.04. The lowest BCUT2D eigenvalue weighted by molar-refractivity contribution is 0.174. The number of nitrogens with one attached hydrogen (secondary N) is 1. The zero-order valence-electron chi connectivity index (χ0n) is 11.6. The van der Waals surface area contributed by atoms with Gasteiger partial charge in [0.1, 0.15) is 0 Å². The first-order valence-electron chi connectivity index (χ1n) is 7.07. The molecule has 4 heteroatoms. The van der Waals surface area contributed by atoms with Crippen LogP contribution in [0.2, 0.25) is 0 Å². The van der Waals surface area contributed by atoms with Gasteiger partial charge in [-0.15, -0.1) is 12.4 Å². The molecule has 2 aromatic carbocycles. The van der Waals surface area contributed by atoms with E-state index in [0.29, 0.717) is 18.8 Å². The lowest BCUT2D eigenvalue weighted by Crippen LogP contribution is -2.17. The van der Waals surface area contributed by atoms with E-state index in [2.05, 4.69) is 47.8 Å². The highest BCUT2D eigenvalue weighted by atomic mass is 35.5. The van der Waals surface area contributed by atoms with Crippen LogP contribution < -0.4 is 14.8 Å². The molecule has 2 aromatic rings. The Balaban J connectivity index is 0.00000132. The van der Waals surface area contributed by atoms with Gasteiger partial charge in [-0.3, -0.25) is 0 Å². The summed E-state index contributed by atoms with van der Waals surface area (Å²) >= 11 is 0. The molecule has 2 unspecified atom stereocenters. The summed E-state index contributed by atoms with van der Waals surface area (Å²) in [6, 6.07) is 17.5. The molecule has 1 aliphatic heterocycles. The van der Waals surface area contributed by atoms with Crippen LogP contribution >= 0.6 is 12.4 Å². The van der Waals surface area contributed by atoms with E-state index < -0.39 is 0 Å². The molecule has 110 valence electrons. The topological polar surface area (TPSA) is 30.5 Å². The zero-order valence-corrected chi connectivity index (χ0v) is 12.4. The minimum Gasteiger partial charge on any atom is -0.454 e. The second-order valence-electron chi connectivity index (χ2n) is 5.43. The number of halogens is 1. The molecule has 0 spiro atoms. The van der Waals surface area contributed by atoms with E-state index in [9.17, 15) is 0 Å². The van der Waals surface area contributed by atoms with Gasteiger partial charge in [-0.05, 0) is 29.7 Å². The summed E-state index contributed by atoms with van der Waals surface area (Å²) in [7, 11) is 0. The van der Waals surface area contributed by atoms with E-state index in [1.54, 1.807) is 0 Å². The molecule has 0 bridgehead atoms. The van der Waals surface area contributed by atoms with Gasteiger partial charge in [0.25, 0.3) is 0 Å². The van der Waals surface area contributed by atoms with Gasteiger partial charge in [-0.25, -0.2) is 0 Å². The highest BCUT2D eigenvalue weighted by molar-refractivity contribution is 5.85. The lowest BCUT2D eigenvalue weighted by Gasteiger charge is -2.06. The van der Waals surface area contributed by atoms with Crippen LogP contribution in [0.25, 0.3) is 0 Å². The van der Waals surface area contributed by atoms with E-state index >= 15 is 0 Å². The van der Waals surface area contributed by atoms with Crippen LogP contribution in [0.15, 0.2) is 48.5 Å². The summed E-state index contributed by atoms with van der Waals surface area (Å²) in [4.78, 5) is 0. The first kappa shape index (κ1) is 14.2. The summed E-state index contributed by atoms with van der Waals surface area (Å²) in [5.74, 6) is 2.38. The maximum absolute atomic E-state index is 5.40. The summed E-state index contributed by atoms with van der Waals surface area (Å²) in [6.45, 7) is 1.22. The number of fused-ring (bicyclic) bond motifs is 1. The van der Waals surface area contributed by atoms with Gasteiger partial charge in [0.2, 0.25) is 6.79 Å². The van der Waals surface area contributed by atoms with Gasteiger partial charge in [0.05, 0.1) is 0 Å². The minimum absolute atomic E-state index is 0. The molecule has 2 atom stereocenters. The van der Waals surface area contributed by atoms with Gasteiger partial charge in [0.15, 0.2) is 11.5 Å². The van der Waals surface area contributed by atoms with Crippen LogP contribution in [-0.4, -0.2) is 12.8 Å². The fourth-order valence-corrected chi connectivity index (χ4v) is 2.79. The fourth-order valence-electron chi connectivity index (χ4n) is 2.79. The molecule has 4 rings (SSSR count). The second kappa shape index (κ2) is 5.96. The molecular formula is C17H18ClNO2. The smallest absolute Gasteiger partial charge is 0.231 e. The predicted molar refractivity (Wildman–Crippen MR) is 84.2 cm³/mol. The number of ether oxygens (including phenoxy) is 2. The number of hydrogen-bond acceptors (Lipinski definition) is 3. The summed E-state index contributed by atoms with van der Waals surface area (Å²) < 4.78 is 10.7. The van der Waals surface area contributed by atoms with Crippen LogP contribution in [-0.2, 0) is 6.54 Å². The van der Waals surface area contributed by atoms with Crippen molar-refractivity contribution in [3.05, 3.63) is 59.7 Å². The van der Waals surface area contributed by atoms with Crippen molar-refractivity contribution in [3.8, 4) is 11.5 Å². The van der Waals surface area contributed by atoms with Gasteiger partial charge in [-0.1, -0.05) is 36.4 Å². The Hall–Kier alpha value is -1.71. The largest absolute Gasteiger partial charge is 0.454 e. The molecule has 1 heterocycles. The van der Waals surface area contributed by atoms with E-state index in [1.807, 2.05) is 6.07 Å². The first-order chi connectivity index (χ1) is 9.90. The average Bonchev–Trinajstić information content (AvgIpc) is 3.13. The number of benzene rings is 2. The molecular weight excluding hydrogens is 286 g/mol. The van der Waals surface area contributed by atoms with Crippen LogP contribution in [0.1, 0.15) is 23.5 Å². The number of hydrogen-bond donors (Lipinski definition) is 1. The Morgan fingerprint density at radius 2 is 1.81 bits per heavy atom. The molecule has 0 saturated heterocycles. The lowest BCUT2D eigenvalue weighted by atomic mass is 10.1. The molecule has 0 aromatic heterocycles.